The minimum Gasteiger partial charge on any atom is -0.371 e. The van der Waals surface area contributed by atoms with Crippen LogP contribution >= 0.6 is 27.5 Å². The van der Waals surface area contributed by atoms with Gasteiger partial charge in [-0.2, -0.15) is 0 Å². The smallest absolute Gasteiger partial charge is 0.0494 e. The second kappa shape index (κ2) is 4.81. The Hall–Kier alpha value is -0.210. The van der Waals surface area contributed by atoms with Gasteiger partial charge in [0.05, 0.1) is 0 Å². The quantitative estimate of drug-likeness (QED) is 0.730. The maximum Gasteiger partial charge on any atom is 0.0494 e. The predicted molar refractivity (Wildman–Crippen MR) is 76.7 cm³/mol. The van der Waals surface area contributed by atoms with E-state index in [0.717, 1.165) is 16.3 Å². The zero-order valence-corrected chi connectivity index (χ0v) is 12.2. The standard InChI is InChI=1S/C14H17BrClN/c15-13-5-4-10(7-16)14(6-13)17-8-11-2-1-3-12(11)9-17/h4-6,11-12H,1-3,7-9H2. The zero-order valence-electron chi connectivity index (χ0n) is 9.83. The van der Waals surface area contributed by atoms with Crippen molar-refractivity contribution < 1.29 is 0 Å². The van der Waals surface area contributed by atoms with E-state index in [9.17, 15) is 0 Å². The first kappa shape index (κ1) is 11.9. The Kier molecular flexibility index (Phi) is 3.36. The molecule has 0 radical (unpaired) electrons. The summed E-state index contributed by atoms with van der Waals surface area (Å²) in [6.07, 6.45) is 4.28. The Bertz CT molecular complexity index is 409. The number of halogens is 2. The summed E-state index contributed by atoms with van der Waals surface area (Å²) >= 11 is 9.61. The highest BCUT2D eigenvalue weighted by molar-refractivity contribution is 9.10. The van der Waals surface area contributed by atoms with E-state index in [-0.39, 0.29) is 0 Å². The average Bonchev–Trinajstić information content (AvgIpc) is 2.88. The Balaban J connectivity index is 1.87. The highest BCUT2D eigenvalue weighted by Gasteiger charge is 2.36. The Labute approximate surface area is 116 Å². The van der Waals surface area contributed by atoms with Gasteiger partial charge in [0, 0.05) is 29.1 Å². The molecule has 3 rings (SSSR count). The molecule has 0 bridgehead atoms. The van der Waals surface area contributed by atoms with Crippen molar-refractivity contribution in [2.45, 2.75) is 25.1 Å². The third-order valence-corrected chi connectivity index (χ3v) is 5.04. The number of benzene rings is 1. The lowest BCUT2D eigenvalue weighted by atomic mass is 10.0. The van der Waals surface area contributed by atoms with Crippen molar-refractivity contribution in [1.29, 1.82) is 0 Å². The molecule has 2 aliphatic rings. The Morgan fingerprint density at radius 2 is 1.94 bits per heavy atom. The van der Waals surface area contributed by atoms with Crippen LogP contribution in [0.4, 0.5) is 5.69 Å². The minimum absolute atomic E-state index is 0.606. The molecule has 2 atom stereocenters. The lowest BCUT2D eigenvalue weighted by molar-refractivity contribution is 0.494. The van der Waals surface area contributed by atoms with Crippen molar-refractivity contribution in [3.05, 3.63) is 28.2 Å². The van der Waals surface area contributed by atoms with Gasteiger partial charge in [-0.05, 0) is 42.4 Å². The summed E-state index contributed by atoms with van der Waals surface area (Å²) in [4.78, 5) is 2.54. The van der Waals surface area contributed by atoms with Crippen LogP contribution in [0.2, 0.25) is 0 Å². The number of alkyl halides is 1. The molecule has 2 fully saturated rings. The van der Waals surface area contributed by atoms with E-state index in [4.69, 9.17) is 11.6 Å². The van der Waals surface area contributed by atoms with Crippen molar-refractivity contribution in [3.63, 3.8) is 0 Å². The van der Waals surface area contributed by atoms with Crippen LogP contribution in [0.25, 0.3) is 0 Å². The van der Waals surface area contributed by atoms with Crippen molar-refractivity contribution in [1.82, 2.24) is 0 Å². The predicted octanol–water partition coefficient (Wildman–Crippen LogP) is 4.42. The SMILES string of the molecule is ClCc1ccc(Br)cc1N1CC2CCCC2C1. The lowest BCUT2D eigenvalue weighted by Crippen LogP contribution is -2.21. The van der Waals surface area contributed by atoms with Crippen LogP contribution in [0.1, 0.15) is 24.8 Å². The van der Waals surface area contributed by atoms with E-state index in [0.29, 0.717) is 5.88 Å². The Morgan fingerprint density at radius 1 is 1.24 bits per heavy atom. The number of hydrogen-bond donors (Lipinski definition) is 0. The van der Waals surface area contributed by atoms with Gasteiger partial charge in [0.1, 0.15) is 0 Å². The van der Waals surface area contributed by atoms with E-state index >= 15 is 0 Å². The molecule has 1 saturated carbocycles. The fourth-order valence-electron chi connectivity index (χ4n) is 3.38. The first-order valence-corrected chi connectivity index (χ1v) is 7.70. The summed E-state index contributed by atoms with van der Waals surface area (Å²) in [7, 11) is 0. The molecule has 1 aromatic rings. The van der Waals surface area contributed by atoms with Gasteiger partial charge in [-0.3, -0.25) is 0 Å². The van der Waals surface area contributed by atoms with Crippen LogP contribution in [-0.4, -0.2) is 13.1 Å². The average molecular weight is 315 g/mol. The molecule has 17 heavy (non-hydrogen) atoms. The molecule has 0 amide bonds. The fraction of sp³-hybridized carbons (Fsp3) is 0.571. The summed E-state index contributed by atoms with van der Waals surface area (Å²) in [5.74, 6) is 2.46. The third kappa shape index (κ3) is 2.22. The summed E-state index contributed by atoms with van der Waals surface area (Å²) < 4.78 is 1.15. The minimum atomic E-state index is 0.606. The number of anilines is 1. The highest BCUT2D eigenvalue weighted by atomic mass is 79.9. The van der Waals surface area contributed by atoms with Gasteiger partial charge in [-0.1, -0.05) is 28.4 Å². The number of nitrogens with zero attached hydrogens (tertiary/aromatic N) is 1. The molecule has 1 heterocycles. The Morgan fingerprint density at radius 3 is 2.59 bits per heavy atom. The van der Waals surface area contributed by atoms with Crippen molar-refractivity contribution in [2.24, 2.45) is 11.8 Å². The first-order chi connectivity index (χ1) is 8.28. The van der Waals surface area contributed by atoms with E-state index in [1.807, 2.05) is 0 Å². The van der Waals surface area contributed by atoms with Crippen molar-refractivity contribution in [3.8, 4) is 0 Å². The van der Waals surface area contributed by atoms with Crippen LogP contribution in [0.15, 0.2) is 22.7 Å². The van der Waals surface area contributed by atoms with Gasteiger partial charge >= 0.3 is 0 Å². The normalized spacial score (nSPS) is 27.5. The van der Waals surface area contributed by atoms with E-state index in [1.165, 1.54) is 43.6 Å². The molecular weight excluding hydrogens is 298 g/mol. The number of rotatable bonds is 2. The molecule has 0 aromatic heterocycles. The summed E-state index contributed by atoms with van der Waals surface area (Å²) in [5.41, 5.74) is 2.60. The van der Waals surface area contributed by atoms with Gasteiger partial charge in [0.2, 0.25) is 0 Å². The molecule has 92 valence electrons. The molecule has 2 unspecified atom stereocenters. The van der Waals surface area contributed by atoms with Crippen LogP contribution < -0.4 is 4.90 Å². The number of hydrogen-bond acceptors (Lipinski definition) is 1. The molecule has 3 heteroatoms. The topological polar surface area (TPSA) is 3.24 Å². The van der Waals surface area contributed by atoms with Crippen molar-refractivity contribution in [2.75, 3.05) is 18.0 Å². The second-order valence-corrected chi connectivity index (χ2v) is 6.45. The van der Waals surface area contributed by atoms with Gasteiger partial charge in [0.25, 0.3) is 0 Å². The van der Waals surface area contributed by atoms with Crippen molar-refractivity contribution >= 4 is 33.2 Å². The lowest BCUT2D eigenvalue weighted by Gasteiger charge is -2.22. The number of fused-ring (bicyclic) bond motifs is 1. The monoisotopic (exact) mass is 313 g/mol. The molecule has 1 aliphatic heterocycles. The maximum atomic E-state index is 6.04. The fourth-order valence-corrected chi connectivity index (χ4v) is 3.95. The highest BCUT2D eigenvalue weighted by Crippen LogP contribution is 2.41. The van der Waals surface area contributed by atoms with E-state index < -0.39 is 0 Å². The summed E-state index contributed by atoms with van der Waals surface area (Å²) in [6, 6.07) is 6.44. The largest absolute Gasteiger partial charge is 0.371 e. The van der Waals surface area contributed by atoms with Gasteiger partial charge in [-0.25, -0.2) is 0 Å². The summed E-state index contributed by atoms with van der Waals surface area (Å²) in [5, 5.41) is 0. The molecule has 0 spiro atoms. The molecule has 1 aliphatic carbocycles. The molecular formula is C14H17BrClN. The zero-order chi connectivity index (χ0) is 11.8. The van der Waals surface area contributed by atoms with Crippen LogP contribution in [0, 0.1) is 11.8 Å². The van der Waals surface area contributed by atoms with Crippen LogP contribution in [0.3, 0.4) is 0 Å². The van der Waals surface area contributed by atoms with E-state index in [1.54, 1.807) is 0 Å². The molecule has 1 saturated heterocycles. The first-order valence-electron chi connectivity index (χ1n) is 6.37. The molecule has 1 nitrogen and oxygen atoms in total. The third-order valence-electron chi connectivity index (χ3n) is 4.26. The van der Waals surface area contributed by atoms with Gasteiger partial charge in [0.15, 0.2) is 0 Å². The van der Waals surface area contributed by atoms with Crippen LogP contribution in [-0.2, 0) is 5.88 Å². The molecule has 0 N–H and O–H groups in total. The molecule has 1 aromatic carbocycles. The van der Waals surface area contributed by atoms with Gasteiger partial charge < -0.3 is 4.90 Å². The van der Waals surface area contributed by atoms with Crippen LogP contribution in [0.5, 0.6) is 0 Å². The van der Waals surface area contributed by atoms with E-state index in [2.05, 4.69) is 39.0 Å². The summed E-state index contributed by atoms with van der Waals surface area (Å²) in [6.45, 7) is 2.45. The second-order valence-electron chi connectivity index (χ2n) is 5.26. The maximum absolute atomic E-state index is 6.04. The van der Waals surface area contributed by atoms with Gasteiger partial charge in [-0.15, -0.1) is 11.6 Å².